The number of benzene rings is 1. The smallest absolute Gasteiger partial charge is 0.256 e. The predicted molar refractivity (Wildman–Crippen MR) is 82.9 cm³/mol. The van der Waals surface area contributed by atoms with Gasteiger partial charge < -0.3 is 19.7 Å². The number of aromatic nitrogens is 1. The molecule has 2 heterocycles. The Morgan fingerprint density at radius 3 is 3.00 bits per heavy atom. The first kappa shape index (κ1) is 15.1. The molecule has 6 nitrogen and oxygen atoms in total. The quantitative estimate of drug-likeness (QED) is 0.905. The third-order valence-corrected chi connectivity index (χ3v) is 4.07. The summed E-state index contributed by atoms with van der Waals surface area (Å²) in [4.78, 5) is 17.1. The van der Waals surface area contributed by atoms with Crippen LogP contribution in [-0.2, 0) is 0 Å². The first-order valence-corrected chi connectivity index (χ1v) is 7.34. The number of hydrogen-bond acceptors (Lipinski definition) is 4. The highest BCUT2D eigenvalue weighted by atomic mass is 16.5. The van der Waals surface area contributed by atoms with E-state index in [1.807, 2.05) is 30.3 Å². The Labute approximate surface area is 133 Å². The minimum Gasteiger partial charge on any atom is -0.497 e. The Morgan fingerprint density at radius 2 is 2.30 bits per heavy atom. The molecule has 1 amide bonds. The van der Waals surface area contributed by atoms with E-state index in [9.17, 15) is 9.90 Å². The van der Waals surface area contributed by atoms with Crippen LogP contribution in [0.4, 0.5) is 0 Å². The van der Waals surface area contributed by atoms with Crippen LogP contribution in [0.2, 0.25) is 0 Å². The fourth-order valence-corrected chi connectivity index (χ4v) is 2.95. The van der Waals surface area contributed by atoms with Crippen molar-refractivity contribution in [1.29, 1.82) is 5.26 Å². The van der Waals surface area contributed by atoms with Crippen LogP contribution < -0.4 is 4.74 Å². The number of aromatic amines is 1. The molecule has 2 N–H and O–H groups in total. The van der Waals surface area contributed by atoms with Crippen LogP contribution >= 0.6 is 0 Å². The van der Waals surface area contributed by atoms with Gasteiger partial charge in [0.1, 0.15) is 17.5 Å². The number of aliphatic hydroxyl groups excluding tert-OH is 1. The molecule has 1 aliphatic heterocycles. The molecule has 1 aliphatic rings. The van der Waals surface area contributed by atoms with E-state index in [0.29, 0.717) is 23.4 Å². The lowest BCUT2D eigenvalue weighted by atomic mass is 10.0. The topological polar surface area (TPSA) is 89.3 Å². The van der Waals surface area contributed by atoms with Gasteiger partial charge in [0, 0.05) is 12.7 Å². The van der Waals surface area contributed by atoms with Gasteiger partial charge in [-0.15, -0.1) is 0 Å². The summed E-state index contributed by atoms with van der Waals surface area (Å²) in [5.41, 5.74) is 1.68. The second-order valence-electron chi connectivity index (χ2n) is 5.55. The van der Waals surface area contributed by atoms with Crippen molar-refractivity contribution in [2.75, 3.05) is 13.7 Å². The zero-order valence-corrected chi connectivity index (χ0v) is 12.7. The summed E-state index contributed by atoms with van der Waals surface area (Å²) in [6.07, 6.45) is 1.44. The molecule has 1 fully saturated rings. The molecule has 6 heteroatoms. The van der Waals surface area contributed by atoms with Crippen molar-refractivity contribution in [2.24, 2.45) is 0 Å². The number of likely N-dealkylation sites (tertiary alicyclic amines) is 1. The number of hydrogen-bond donors (Lipinski definition) is 2. The van der Waals surface area contributed by atoms with Gasteiger partial charge >= 0.3 is 0 Å². The van der Waals surface area contributed by atoms with Gasteiger partial charge in [0.05, 0.1) is 24.8 Å². The number of nitrogens with zero attached hydrogens (tertiary/aromatic N) is 2. The molecule has 0 bridgehead atoms. The minimum absolute atomic E-state index is 0.202. The van der Waals surface area contributed by atoms with Crippen LogP contribution in [0.3, 0.4) is 0 Å². The lowest BCUT2D eigenvalue weighted by Gasteiger charge is -2.24. The maximum Gasteiger partial charge on any atom is 0.256 e. The van der Waals surface area contributed by atoms with Crippen LogP contribution in [0.5, 0.6) is 5.75 Å². The SMILES string of the molecule is COc1cccc([C@@H]2C[C@@H](O)CN2C(=O)c2c[nH]c(C#N)c2)c1. The van der Waals surface area contributed by atoms with Crippen LogP contribution in [0, 0.1) is 11.3 Å². The number of β-amino-alcohol motifs (C(OH)–C–C–N with tert-alkyl or cyclic N) is 1. The third kappa shape index (κ3) is 2.91. The summed E-state index contributed by atoms with van der Waals surface area (Å²) in [6.45, 7) is 0.272. The second-order valence-corrected chi connectivity index (χ2v) is 5.55. The van der Waals surface area contributed by atoms with Crippen LogP contribution in [0.1, 0.15) is 34.1 Å². The summed E-state index contributed by atoms with van der Waals surface area (Å²) < 4.78 is 5.23. The lowest BCUT2D eigenvalue weighted by Crippen LogP contribution is -2.31. The van der Waals surface area contributed by atoms with Crippen molar-refractivity contribution in [3.05, 3.63) is 53.3 Å². The first-order chi connectivity index (χ1) is 11.1. The summed E-state index contributed by atoms with van der Waals surface area (Å²) in [5.74, 6) is 0.511. The minimum atomic E-state index is -0.565. The lowest BCUT2D eigenvalue weighted by molar-refractivity contribution is 0.0716. The molecule has 118 valence electrons. The average Bonchev–Trinajstić information content (AvgIpc) is 3.20. The van der Waals surface area contributed by atoms with Crippen LogP contribution in [0.15, 0.2) is 36.5 Å². The van der Waals surface area contributed by atoms with Crippen LogP contribution in [0.25, 0.3) is 0 Å². The highest BCUT2D eigenvalue weighted by Crippen LogP contribution is 2.34. The summed E-state index contributed by atoms with van der Waals surface area (Å²) in [5, 5.41) is 18.9. The molecular weight excluding hydrogens is 294 g/mol. The Hall–Kier alpha value is -2.78. The molecule has 0 radical (unpaired) electrons. The fourth-order valence-electron chi connectivity index (χ4n) is 2.95. The molecule has 1 aromatic carbocycles. The number of ether oxygens (including phenoxy) is 1. The molecule has 0 unspecified atom stereocenters. The van der Waals surface area contributed by atoms with Crippen molar-refractivity contribution < 1.29 is 14.6 Å². The molecule has 3 rings (SSSR count). The van der Waals surface area contributed by atoms with Gasteiger partial charge in [-0.25, -0.2) is 0 Å². The number of H-pyrrole nitrogens is 1. The van der Waals surface area contributed by atoms with E-state index >= 15 is 0 Å². The summed E-state index contributed by atoms with van der Waals surface area (Å²) in [7, 11) is 1.59. The van der Waals surface area contributed by atoms with Gasteiger partial charge in [0.25, 0.3) is 5.91 Å². The van der Waals surface area contributed by atoms with E-state index in [4.69, 9.17) is 10.00 Å². The Bertz CT molecular complexity index is 762. The van der Waals surface area contributed by atoms with Crippen LogP contribution in [-0.4, -0.2) is 40.7 Å². The number of amides is 1. The first-order valence-electron chi connectivity index (χ1n) is 7.34. The Balaban J connectivity index is 1.90. The monoisotopic (exact) mass is 311 g/mol. The number of methoxy groups -OCH3 is 1. The predicted octanol–water partition coefficient (Wildman–Crippen LogP) is 1.84. The molecule has 2 atom stereocenters. The van der Waals surface area contributed by atoms with Crippen molar-refractivity contribution in [1.82, 2.24) is 9.88 Å². The normalized spacial score (nSPS) is 20.3. The summed E-state index contributed by atoms with van der Waals surface area (Å²) in [6, 6.07) is 10.8. The number of rotatable bonds is 3. The Morgan fingerprint density at radius 1 is 1.48 bits per heavy atom. The summed E-state index contributed by atoms with van der Waals surface area (Å²) >= 11 is 0. The number of aliphatic hydroxyl groups is 1. The maximum absolute atomic E-state index is 12.7. The van der Waals surface area contributed by atoms with Crippen molar-refractivity contribution in [3.8, 4) is 11.8 Å². The number of nitriles is 1. The van der Waals surface area contributed by atoms with Gasteiger partial charge in [-0.2, -0.15) is 5.26 Å². The van der Waals surface area contributed by atoms with E-state index < -0.39 is 6.10 Å². The molecule has 1 saturated heterocycles. The van der Waals surface area contributed by atoms with Crippen molar-refractivity contribution in [3.63, 3.8) is 0 Å². The van der Waals surface area contributed by atoms with Gasteiger partial charge in [0.15, 0.2) is 0 Å². The standard InChI is InChI=1S/C17H17N3O3/c1-23-15-4-2-3-11(6-15)16-7-14(21)10-20(16)17(22)12-5-13(8-18)19-9-12/h2-6,9,14,16,19,21H,7,10H2,1H3/t14-,16+/m1/s1. The van der Waals surface area contributed by atoms with E-state index in [2.05, 4.69) is 4.98 Å². The molecule has 2 aromatic rings. The van der Waals surface area contributed by atoms with E-state index in [-0.39, 0.29) is 18.5 Å². The zero-order valence-electron chi connectivity index (χ0n) is 12.7. The molecule has 0 saturated carbocycles. The maximum atomic E-state index is 12.7. The second kappa shape index (κ2) is 6.15. The largest absolute Gasteiger partial charge is 0.497 e. The zero-order chi connectivity index (χ0) is 16.4. The third-order valence-electron chi connectivity index (χ3n) is 4.07. The fraction of sp³-hybridized carbons (Fsp3) is 0.294. The van der Waals surface area contributed by atoms with Gasteiger partial charge in [0.2, 0.25) is 0 Å². The number of nitrogens with one attached hydrogen (secondary N) is 1. The highest BCUT2D eigenvalue weighted by Gasteiger charge is 2.36. The van der Waals surface area contributed by atoms with Crippen molar-refractivity contribution >= 4 is 5.91 Å². The average molecular weight is 311 g/mol. The number of carbonyl (C=O) groups excluding carboxylic acids is 1. The van der Waals surface area contributed by atoms with E-state index in [1.54, 1.807) is 12.0 Å². The van der Waals surface area contributed by atoms with Gasteiger partial charge in [-0.1, -0.05) is 12.1 Å². The van der Waals surface area contributed by atoms with E-state index in [0.717, 1.165) is 5.56 Å². The highest BCUT2D eigenvalue weighted by molar-refractivity contribution is 5.95. The van der Waals surface area contributed by atoms with Gasteiger partial charge in [-0.3, -0.25) is 4.79 Å². The molecule has 23 heavy (non-hydrogen) atoms. The van der Waals surface area contributed by atoms with Gasteiger partial charge in [-0.05, 0) is 30.2 Å². The molecule has 1 aromatic heterocycles. The molecule has 0 spiro atoms. The number of carbonyl (C=O) groups is 1. The Kier molecular flexibility index (Phi) is 4.04. The van der Waals surface area contributed by atoms with E-state index in [1.165, 1.54) is 12.3 Å². The van der Waals surface area contributed by atoms with Crippen molar-refractivity contribution in [2.45, 2.75) is 18.6 Å². The molecular formula is C17H17N3O3. The molecule has 0 aliphatic carbocycles.